The third kappa shape index (κ3) is 5.87. The van der Waals surface area contributed by atoms with Crippen LogP contribution in [-0.4, -0.2) is 61.7 Å². The third-order valence-corrected chi connectivity index (χ3v) is 7.54. The van der Waals surface area contributed by atoms with Crippen molar-refractivity contribution in [1.29, 1.82) is 5.26 Å². The molecule has 3 rings (SSSR count). The molecule has 34 heavy (non-hydrogen) atoms. The number of carbonyl (C=O) groups is 2. The SMILES string of the molecule is CC(C)CN(CCC#N)C(=O)[C@H](C)N1CC[C@H](NS(=O)(=O)c2ccc3cc(Cl)ccc3c2)C1=O. The van der Waals surface area contributed by atoms with Gasteiger partial charge in [0.05, 0.1) is 17.4 Å². The largest absolute Gasteiger partial charge is 0.340 e. The van der Waals surface area contributed by atoms with Crippen LogP contribution in [0.4, 0.5) is 0 Å². The lowest BCUT2D eigenvalue weighted by Gasteiger charge is -2.31. The summed E-state index contributed by atoms with van der Waals surface area (Å²) in [5.74, 6) is -0.461. The van der Waals surface area contributed by atoms with Gasteiger partial charge in [0.15, 0.2) is 0 Å². The van der Waals surface area contributed by atoms with E-state index in [4.69, 9.17) is 16.9 Å². The number of likely N-dealkylation sites (tertiary alicyclic amines) is 1. The average molecular weight is 505 g/mol. The molecule has 10 heteroatoms. The lowest BCUT2D eigenvalue weighted by Crippen LogP contribution is -2.51. The van der Waals surface area contributed by atoms with Crippen molar-refractivity contribution in [2.24, 2.45) is 5.92 Å². The topological polar surface area (TPSA) is 111 Å². The Labute approximate surface area is 205 Å². The van der Waals surface area contributed by atoms with Crippen molar-refractivity contribution < 1.29 is 18.0 Å². The molecule has 0 saturated carbocycles. The van der Waals surface area contributed by atoms with Crippen LogP contribution < -0.4 is 4.72 Å². The number of hydrogen-bond donors (Lipinski definition) is 1. The van der Waals surface area contributed by atoms with Crippen LogP contribution in [0.5, 0.6) is 0 Å². The maximum Gasteiger partial charge on any atom is 0.245 e. The summed E-state index contributed by atoms with van der Waals surface area (Å²) in [4.78, 5) is 29.2. The first kappa shape index (κ1) is 25.9. The highest BCUT2D eigenvalue weighted by molar-refractivity contribution is 7.89. The molecule has 2 aromatic rings. The van der Waals surface area contributed by atoms with E-state index in [1.165, 1.54) is 17.0 Å². The molecule has 0 spiro atoms. The number of nitrogens with zero attached hydrogens (tertiary/aromatic N) is 3. The number of amides is 2. The van der Waals surface area contributed by atoms with E-state index in [9.17, 15) is 18.0 Å². The van der Waals surface area contributed by atoms with Crippen molar-refractivity contribution in [2.45, 2.75) is 50.6 Å². The molecule has 1 heterocycles. The van der Waals surface area contributed by atoms with E-state index in [0.29, 0.717) is 23.5 Å². The Morgan fingerprint density at radius 3 is 2.59 bits per heavy atom. The average Bonchev–Trinajstić information content (AvgIpc) is 3.14. The van der Waals surface area contributed by atoms with Gasteiger partial charge >= 0.3 is 0 Å². The Kier molecular flexibility index (Phi) is 8.18. The molecule has 182 valence electrons. The van der Waals surface area contributed by atoms with E-state index in [-0.39, 0.29) is 36.1 Å². The summed E-state index contributed by atoms with van der Waals surface area (Å²) in [6, 6.07) is 10.2. The van der Waals surface area contributed by atoms with Crippen LogP contribution in [0.1, 0.15) is 33.6 Å². The number of halogens is 1. The van der Waals surface area contributed by atoms with Gasteiger partial charge in [-0.05, 0) is 54.3 Å². The molecule has 1 aliphatic heterocycles. The molecule has 0 aliphatic carbocycles. The summed E-state index contributed by atoms with van der Waals surface area (Å²) in [5.41, 5.74) is 0. The van der Waals surface area contributed by atoms with Crippen LogP contribution in [-0.2, 0) is 19.6 Å². The maximum absolute atomic E-state index is 13.1. The summed E-state index contributed by atoms with van der Waals surface area (Å²) in [7, 11) is -3.95. The number of fused-ring (bicyclic) bond motifs is 1. The number of rotatable bonds is 9. The Balaban J connectivity index is 1.72. The molecular formula is C24H29ClN4O4S. The molecule has 0 aromatic heterocycles. The predicted molar refractivity (Wildman–Crippen MR) is 131 cm³/mol. The number of hydrogen-bond acceptors (Lipinski definition) is 5. The molecule has 2 aromatic carbocycles. The molecule has 1 saturated heterocycles. The van der Waals surface area contributed by atoms with Crippen molar-refractivity contribution in [1.82, 2.24) is 14.5 Å². The van der Waals surface area contributed by atoms with Crippen molar-refractivity contribution in [2.75, 3.05) is 19.6 Å². The third-order valence-electron chi connectivity index (χ3n) is 5.84. The van der Waals surface area contributed by atoms with Gasteiger partial charge in [-0.2, -0.15) is 9.98 Å². The molecular weight excluding hydrogens is 476 g/mol. The number of nitriles is 1. The van der Waals surface area contributed by atoms with Crippen molar-refractivity contribution in [3.05, 3.63) is 41.4 Å². The predicted octanol–water partition coefficient (Wildman–Crippen LogP) is 3.16. The minimum atomic E-state index is -3.95. The molecule has 0 bridgehead atoms. The second-order valence-electron chi connectivity index (χ2n) is 8.91. The first-order valence-electron chi connectivity index (χ1n) is 11.2. The molecule has 2 atom stereocenters. The summed E-state index contributed by atoms with van der Waals surface area (Å²) < 4.78 is 28.5. The minimum absolute atomic E-state index is 0.0531. The summed E-state index contributed by atoms with van der Waals surface area (Å²) >= 11 is 5.99. The Hall–Kier alpha value is -2.67. The second kappa shape index (κ2) is 10.7. The Bertz CT molecular complexity index is 1230. The fourth-order valence-electron chi connectivity index (χ4n) is 4.13. The van der Waals surface area contributed by atoms with Crippen molar-refractivity contribution in [3.63, 3.8) is 0 Å². The van der Waals surface area contributed by atoms with E-state index in [2.05, 4.69) is 4.72 Å². The molecule has 1 fully saturated rings. The molecule has 0 radical (unpaired) electrons. The van der Waals surface area contributed by atoms with Crippen LogP contribution >= 0.6 is 11.6 Å². The van der Waals surface area contributed by atoms with Gasteiger partial charge in [0.1, 0.15) is 12.1 Å². The zero-order valence-electron chi connectivity index (χ0n) is 19.5. The molecule has 1 N–H and O–H groups in total. The normalized spacial score (nSPS) is 17.2. The van der Waals surface area contributed by atoms with E-state index in [1.54, 1.807) is 36.1 Å². The van der Waals surface area contributed by atoms with Gasteiger partial charge in [-0.25, -0.2) is 8.42 Å². The highest BCUT2D eigenvalue weighted by Gasteiger charge is 2.40. The first-order chi connectivity index (χ1) is 16.0. The summed E-state index contributed by atoms with van der Waals surface area (Å²) in [6.07, 6.45) is 0.473. The maximum atomic E-state index is 13.1. The zero-order valence-corrected chi connectivity index (χ0v) is 21.1. The molecule has 0 unspecified atom stereocenters. The van der Waals surface area contributed by atoms with E-state index in [1.807, 2.05) is 19.9 Å². The van der Waals surface area contributed by atoms with Crippen LogP contribution in [0, 0.1) is 17.2 Å². The highest BCUT2D eigenvalue weighted by Crippen LogP contribution is 2.24. The zero-order chi connectivity index (χ0) is 25.0. The molecule has 8 nitrogen and oxygen atoms in total. The van der Waals surface area contributed by atoms with E-state index >= 15 is 0 Å². The van der Waals surface area contributed by atoms with E-state index < -0.39 is 28.0 Å². The number of benzene rings is 2. The second-order valence-corrected chi connectivity index (χ2v) is 11.1. The van der Waals surface area contributed by atoms with E-state index in [0.717, 1.165) is 5.39 Å². The van der Waals surface area contributed by atoms with Crippen LogP contribution in [0.3, 0.4) is 0 Å². The van der Waals surface area contributed by atoms with Gasteiger partial charge in [-0.15, -0.1) is 0 Å². The first-order valence-corrected chi connectivity index (χ1v) is 13.1. The van der Waals surface area contributed by atoms with Gasteiger partial charge in [-0.3, -0.25) is 9.59 Å². The van der Waals surface area contributed by atoms with Crippen molar-refractivity contribution >= 4 is 44.2 Å². The molecule has 1 aliphatic rings. The van der Waals surface area contributed by atoms with Gasteiger partial charge < -0.3 is 9.80 Å². The fourth-order valence-corrected chi connectivity index (χ4v) is 5.57. The molecule has 2 amide bonds. The smallest absolute Gasteiger partial charge is 0.245 e. The summed E-state index contributed by atoms with van der Waals surface area (Å²) in [6.45, 7) is 6.64. The number of nitrogens with one attached hydrogen (secondary N) is 1. The van der Waals surface area contributed by atoms with Gasteiger partial charge in [0, 0.05) is 24.7 Å². The number of carbonyl (C=O) groups excluding carboxylic acids is 2. The van der Waals surface area contributed by atoms with Gasteiger partial charge in [0.2, 0.25) is 21.8 Å². The fraction of sp³-hybridized carbons (Fsp3) is 0.458. The van der Waals surface area contributed by atoms with Crippen molar-refractivity contribution in [3.8, 4) is 6.07 Å². The highest BCUT2D eigenvalue weighted by atomic mass is 35.5. The Morgan fingerprint density at radius 1 is 1.24 bits per heavy atom. The monoisotopic (exact) mass is 504 g/mol. The summed E-state index contributed by atoms with van der Waals surface area (Å²) in [5, 5.41) is 11.0. The lowest BCUT2D eigenvalue weighted by molar-refractivity contribution is -0.143. The number of sulfonamides is 1. The lowest BCUT2D eigenvalue weighted by atomic mass is 10.1. The quantitative estimate of drug-likeness (QED) is 0.564. The standard InChI is InChI=1S/C24H29ClN4O4S/c1-16(2)15-28(11-4-10-26)23(30)17(3)29-12-9-22(24(29)31)27-34(32,33)21-8-6-18-13-20(25)7-5-19(18)14-21/h5-8,13-14,16-17,22,27H,4,9,11-12,15H2,1-3H3/t17-,22-/m0/s1. The minimum Gasteiger partial charge on any atom is -0.340 e. The van der Waals surface area contributed by atoms with Crippen LogP contribution in [0.15, 0.2) is 41.3 Å². The van der Waals surface area contributed by atoms with Gasteiger partial charge in [0.25, 0.3) is 0 Å². The van der Waals surface area contributed by atoms with Gasteiger partial charge in [-0.1, -0.05) is 37.6 Å². The van der Waals surface area contributed by atoms with Crippen LogP contribution in [0.2, 0.25) is 5.02 Å². The Morgan fingerprint density at radius 2 is 1.91 bits per heavy atom. The van der Waals surface area contributed by atoms with Crippen LogP contribution in [0.25, 0.3) is 10.8 Å².